The third kappa shape index (κ3) is 25.3. The van der Waals surface area contributed by atoms with Gasteiger partial charge >= 0.3 is 5.97 Å². The number of rotatable bonds is 11. The quantitative estimate of drug-likeness (QED) is 0.502. The molecule has 0 unspecified atom stereocenters. The van der Waals surface area contributed by atoms with Crippen molar-refractivity contribution in [1.82, 2.24) is 0 Å². The van der Waals surface area contributed by atoms with Crippen LogP contribution in [0.4, 0.5) is 0 Å². The highest BCUT2D eigenvalue weighted by Crippen LogP contribution is 2.06. The van der Waals surface area contributed by atoms with Crippen LogP contribution in [0.25, 0.3) is 0 Å². The zero-order valence-electron chi connectivity index (χ0n) is 12.4. The summed E-state index contributed by atoms with van der Waals surface area (Å²) in [5.41, 5.74) is 9.58. The summed E-state index contributed by atoms with van der Waals surface area (Å²) in [5.74, 6) is -1.45. The molecule has 0 saturated heterocycles. The number of carbonyl (C=O) groups is 3. The lowest BCUT2D eigenvalue weighted by atomic mass is 10.1. The van der Waals surface area contributed by atoms with E-state index in [4.69, 9.17) is 16.6 Å². The van der Waals surface area contributed by atoms with E-state index in [9.17, 15) is 14.4 Å². The van der Waals surface area contributed by atoms with E-state index in [0.29, 0.717) is 12.8 Å². The summed E-state index contributed by atoms with van der Waals surface area (Å²) < 4.78 is 0. The van der Waals surface area contributed by atoms with Gasteiger partial charge in [-0.05, 0) is 12.8 Å². The first-order chi connectivity index (χ1) is 9.40. The number of carbonyl (C=O) groups excluding carboxylic acids is 2. The zero-order valence-corrected chi connectivity index (χ0v) is 12.4. The van der Waals surface area contributed by atoms with Crippen molar-refractivity contribution < 1.29 is 19.5 Å². The van der Waals surface area contributed by atoms with Crippen molar-refractivity contribution in [2.75, 3.05) is 0 Å². The molecule has 2 amide bonds. The molecule has 20 heavy (non-hydrogen) atoms. The number of hydrogen-bond acceptors (Lipinski definition) is 3. The van der Waals surface area contributed by atoms with Crippen molar-refractivity contribution in [3.8, 4) is 0 Å². The number of nitrogens with two attached hydrogens (primary N) is 2. The first kappa shape index (κ1) is 20.7. The number of aliphatic carboxylic acids is 1. The largest absolute Gasteiger partial charge is 0.481 e. The van der Waals surface area contributed by atoms with Crippen LogP contribution < -0.4 is 11.5 Å². The summed E-state index contributed by atoms with van der Waals surface area (Å²) in [6.07, 6.45) is 8.19. The minimum Gasteiger partial charge on any atom is -0.481 e. The molecule has 0 aromatic rings. The average Bonchev–Trinajstić information content (AvgIpc) is 2.33. The van der Waals surface area contributed by atoms with Gasteiger partial charge in [-0.25, -0.2) is 0 Å². The molecule has 0 fully saturated rings. The maximum absolute atomic E-state index is 10.1. The molecule has 0 aromatic heterocycles. The summed E-state index contributed by atoms with van der Waals surface area (Å²) >= 11 is 0. The van der Waals surface area contributed by atoms with Crippen LogP contribution in [0.3, 0.4) is 0 Å². The number of amides is 2. The van der Waals surface area contributed by atoms with Crippen LogP contribution in [0.1, 0.15) is 71.1 Å². The van der Waals surface area contributed by atoms with E-state index in [2.05, 4.69) is 6.92 Å². The zero-order chi connectivity index (χ0) is 15.8. The molecule has 6 heteroatoms. The highest BCUT2D eigenvalue weighted by molar-refractivity contribution is 5.76. The van der Waals surface area contributed by atoms with Gasteiger partial charge in [-0.15, -0.1) is 0 Å². The summed E-state index contributed by atoms with van der Waals surface area (Å²) in [6, 6.07) is 0. The maximum Gasteiger partial charge on any atom is 0.303 e. The van der Waals surface area contributed by atoms with Gasteiger partial charge in [-0.2, -0.15) is 0 Å². The molecule has 118 valence electrons. The molecule has 0 heterocycles. The van der Waals surface area contributed by atoms with Crippen molar-refractivity contribution in [1.29, 1.82) is 0 Å². The smallest absolute Gasteiger partial charge is 0.303 e. The van der Waals surface area contributed by atoms with Crippen LogP contribution in [0.5, 0.6) is 0 Å². The van der Waals surface area contributed by atoms with Gasteiger partial charge in [0.25, 0.3) is 0 Å². The topological polar surface area (TPSA) is 123 Å². The molecule has 5 N–H and O–H groups in total. The average molecular weight is 288 g/mol. The van der Waals surface area contributed by atoms with Gasteiger partial charge in [0.15, 0.2) is 0 Å². The SMILES string of the molecule is CCCCCCCCC(=O)O.NC(=O)CCCC(N)=O. The number of primary amides is 2. The number of carboxylic acid groups (broad SMARTS) is 1. The number of hydrogen-bond donors (Lipinski definition) is 3. The molecule has 0 aromatic carbocycles. The Bertz CT molecular complexity index is 266. The van der Waals surface area contributed by atoms with E-state index >= 15 is 0 Å². The first-order valence-electron chi connectivity index (χ1n) is 7.18. The second kappa shape index (κ2) is 15.5. The predicted molar refractivity (Wildman–Crippen MR) is 77.9 cm³/mol. The van der Waals surface area contributed by atoms with E-state index < -0.39 is 17.8 Å². The molecule has 6 nitrogen and oxygen atoms in total. The molecular weight excluding hydrogens is 260 g/mol. The Kier molecular flexibility index (Phi) is 16.0. The highest BCUT2D eigenvalue weighted by atomic mass is 16.4. The van der Waals surface area contributed by atoms with Crippen LogP contribution in [0, 0.1) is 0 Å². The van der Waals surface area contributed by atoms with Gasteiger partial charge in [0.1, 0.15) is 0 Å². The van der Waals surface area contributed by atoms with Crippen LogP contribution in [0.15, 0.2) is 0 Å². The molecule has 0 atom stereocenters. The monoisotopic (exact) mass is 288 g/mol. The molecule has 0 radical (unpaired) electrons. The first-order valence-corrected chi connectivity index (χ1v) is 7.18. The summed E-state index contributed by atoms with van der Waals surface area (Å²) in [6.45, 7) is 2.18. The van der Waals surface area contributed by atoms with Gasteiger partial charge in [-0.3, -0.25) is 14.4 Å². The fraction of sp³-hybridized carbons (Fsp3) is 0.786. The highest BCUT2D eigenvalue weighted by Gasteiger charge is 1.96. The second-order valence-electron chi connectivity index (χ2n) is 4.70. The van der Waals surface area contributed by atoms with Gasteiger partial charge in [0.05, 0.1) is 0 Å². The van der Waals surface area contributed by atoms with E-state index in [1.165, 1.54) is 25.7 Å². The summed E-state index contributed by atoms with van der Waals surface area (Å²) in [7, 11) is 0. The van der Waals surface area contributed by atoms with Crippen molar-refractivity contribution in [2.45, 2.75) is 71.1 Å². The van der Waals surface area contributed by atoms with E-state index in [-0.39, 0.29) is 12.8 Å². The van der Waals surface area contributed by atoms with E-state index in [1.54, 1.807) is 0 Å². The molecule has 0 saturated carbocycles. The Morgan fingerprint density at radius 1 is 0.750 bits per heavy atom. The maximum atomic E-state index is 10.1. The molecule has 0 bridgehead atoms. The van der Waals surface area contributed by atoms with Crippen molar-refractivity contribution in [2.24, 2.45) is 11.5 Å². The predicted octanol–water partition coefficient (Wildman–Crippen LogP) is 1.95. The lowest BCUT2D eigenvalue weighted by Crippen LogP contribution is -2.14. The fourth-order valence-electron chi connectivity index (χ4n) is 1.49. The molecular formula is C14H28N2O4. The Morgan fingerprint density at radius 3 is 1.60 bits per heavy atom. The molecule has 0 aliphatic rings. The van der Waals surface area contributed by atoms with Crippen molar-refractivity contribution in [3.05, 3.63) is 0 Å². The van der Waals surface area contributed by atoms with E-state index in [1.807, 2.05) is 0 Å². The van der Waals surface area contributed by atoms with E-state index in [0.717, 1.165) is 12.8 Å². The summed E-state index contributed by atoms with van der Waals surface area (Å²) in [4.78, 5) is 30.2. The Balaban J connectivity index is 0. The molecule has 0 spiro atoms. The molecule has 0 aliphatic heterocycles. The lowest BCUT2D eigenvalue weighted by molar-refractivity contribution is -0.137. The third-order valence-corrected chi connectivity index (χ3v) is 2.59. The van der Waals surface area contributed by atoms with Crippen molar-refractivity contribution in [3.63, 3.8) is 0 Å². The van der Waals surface area contributed by atoms with Gasteiger partial charge in [0, 0.05) is 19.3 Å². The van der Waals surface area contributed by atoms with Crippen molar-refractivity contribution >= 4 is 17.8 Å². The second-order valence-corrected chi connectivity index (χ2v) is 4.70. The fourth-order valence-corrected chi connectivity index (χ4v) is 1.49. The van der Waals surface area contributed by atoms with Gasteiger partial charge < -0.3 is 16.6 Å². The normalized spacial score (nSPS) is 9.45. The van der Waals surface area contributed by atoms with Gasteiger partial charge in [0.2, 0.25) is 11.8 Å². The minimum atomic E-state index is -0.666. The minimum absolute atomic E-state index is 0.239. The van der Waals surface area contributed by atoms with Crippen LogP contribution >= 0.6 is 0 Å². The Morgan fingerprint density at radius 2 is 1.20 bits per heavy atom. The van der Waals surface area contributed by atoms with Crippen LogP contribution in [0.2, 0.25) is 0 Å². The third-order valence-electron chi connectivity index (χ3n) is 2.59. The summed E-state index contributed by atoms with van der Waals surface area (Å²) in [5, 5.41) is 8.32. The molecule has 0 aliphatic carbocycles. The number of carboxylic acids is 1. The Hall–Kier alpha value is -1.59. The van der Waals surface area contributed by atoms with Crippen LogP contribution in [-0.4, -0.2) is 22.9 Å². The van der Waals surface area contributed by atoms with Gasteiger partial charge in [-0.1, -0.05) is 39.0 Å². The lowest BCUT2D eigenvalue weighted by Gasteiger charge is -1.97. The molecule has 0 rings (SSSR count). The van der Waals surface area contributed by atoms with Crippen LogP contribution in [-0.2, 0) is 14.4 Å². The Labute approximate surface area is 120 Å². The standard InChI is InChI=1S/C9H18O2.C5H10N2O2/c1-2-3-4-5-6-7-8-9(10)11;6-4(8)2-1-3-5(7)9/h2-8H2,1H3,(H,10,11);1-3H2,(H2,6,8)(H2,7,9). The number of unbranched alkanes of at least 4 members (excludes halogenated alkanes) is 5.